The predicted octanol–water partition coefficient (Wildman–Crippen LogP) is 1.33. The van der Waals surface area contributed by atoms with Gasteiger partial charge in [-0.15, -0.1) is 0 Å². The summed E-state index contributed by atoms with van der Waals surface area (Å²) in [5.74, 6) is 0. The van der Waals surface area contributed by atoms with Gasteiger partial charge in [0.25, 0.3) is 0 Å². The Morgan fingerprint density at radius 2 is 2.00 bits per heavy atom. The zero-order chi connectivity index (χ0) is 6.24. The van der Waals surface area contributed by atoms with E-state index in [-0.39, 0.29) is 9.76 Å². The smallest absolute Gasteiger partial charge is 0.161 e. The summed E-state index contributed by atoms with van der Waals surface area (Å²) in [7, 11) is 0.00849. The van der Waals surface area contributed by atoms with Gasteiger partial charge in [0.05, 0.1) is 0 Å². The second-order valence-corrected chi connectivity index (χ2v) is 3.20. The van der Waals surface area contributed by atoms with Gasteiger partial charge in [-0.1, -0.05) is 20.3 Å². The molecule has 0 atom stereocenters. The van der Waals surface area contributed by atoms with Crippen LogP contribution in [-0.4, -0.2) is 16.4 Å². The van der Waals surface area contributed by atoms with Crippen LogP contribution in [0, 0.1) is 0 Å². The summed E-state index contributed by atoms with van der Waals surface area (Å²) < 4.78 is 5.21. The monoisotopic (exact) mass is 132 g/mol. The summed E-state index contributed by atoms with van der Waals surface area (Å²) >= 11 is 0. The maximum absolute atomic E-state index is 5.21. The van der Waals surface area contributed by atoms with Crippen LogP contribution in [0.2, 0.25) is 6.04 Å². The van der Waals surface area contributed by atoms with E-state index < -0.39 is 0 Å². The fourth-order valence-corrected chi connectivity index (χ4v) is 1.86. The fraction of sp³-hybridized carbons (Fsp3) is 1.00. The van der Waals surface area contributed by atoms with Crippen molar-refractivity contribution in [1.29, 1.82) is 0 Å². The second kappa shape index (κ2) is 7.18. The van der Waals surface area contributed by atoms with Crippen LogP contribution in [0.4, 0.5) is 0 Å². The zero-order valence-electron chi connectivity index (χ0n) is 5.94. The maximum atomic E-state index is 5.21. The molecule has 0 aromatic rings. The van der Waals surface area contributed by atoms with E-state index in [0.29, 0.717) is 0 Å². The lowest BCUT2D eigenvalue weighted by Gasteiger charge is -2.07. The van der Waals surface area contributed by atoms with Crippen LogP contribution in [0.5, 0.6) is 0 Å². The van der Waals surface area contributed by atoms with E-state index in [1.807, 2.05) is 13.8 Å². The zero-order valence-corrected chi connectivity index (χ0v) is 7.36. The highest BCUT2D eigenvalue weighted by atomic mass is 28.2. The Hall–Kier alpha value is 0.177. The summed E-state index contributed by atoms with van der Waals surface area (Å²) in [6, 6.07) is 1.42. The molecule has 1 fully saturated rings. The molecule has 0 unspecified atom stereocenters. The molecule has 1 aliphatic heterocycles. The van der Waals surface area contributed by atoms with E-state index >= 15 is 0 Å². The van der Waals surface area contributed by atoms with Crippen molar-refractivity contribution in [1.82, 2.24) is 0 Å². The van der Waals surface area contributed by atoms with Crippen molar-refractivity contribution < 1.29 is 4.43 Å². The lowest BCUT2D eigenvalue weighted by molar-refractivity contribution is 0.304. The SMILES string of the molecule is C1CC[SiH2]OC1.CC. The van der Waals surface area contributed by atoms with E-state index in [0.717, 1.165) is 6.61 Å². The highest BCUT2D eigenvalue weighted by molar-refractivity contribution is 6.27. The third-order valence-corrected chi connectivity index (χ3v) is 2.44. The molecule has 50 valence electrons. The lowest BCUT2D eigenvalue weighted by Crippen LogP contribution is -2.06. The minimum atomic E-state index is 0.00849. The molecule has 1 nitrogen and oxygen atoms in total. The topological polar surface area (TPSA) is 9.23 Å². The average molecular weight is 132 g/mol. The van der Waals surface area contributed by atoms with Gasteiger partial charge in [0.15, 0.2) is 9.76 Å². The number of hydrogen-bond donors (Lipinski definition) is 0. The van der Waals surface area contributed by atoms with Crippen molar-refractivity contribution in [2.45, 2.75) is 32.7 Å². The molecule has 0 bridgehead atoms. The van der Waals surface area contributed by atoms with E-state index in [9.17, 15) is 0 Å². The third-order valence-electron chi connectivity index (χ3n) is 1.08. The van der Waals surface area contributed by atoms with Crippen molar-refractivity contribution in [3.63, 3.8) is 0 Å². The number of hydrogen-bond acceptors (Lipinski definition) is 1. The molecule has 1 rings (SSSR count). The molecule has 1 aliphatic rings. The van der Waals surface area contributed by atoms with Gasteiger partial charge < -0.3 is 4.43 Å². The molecule has 0 N–H and O–H groups in total. The minimum Gasteiger partial charge on any atom is -0.424 e. The number of rotatable bonds is 0. The van der Waals surface area contributed by atoms with Gasteiger partial charge in [0, 0.05) is 6.61 Å². The van der Waals surface area contributed by atoms with Crippen LogP contribution in [0.1, 0.15) is 26.7 Å². The minimum absolute atomic E-state index is 0.00849. The Morgan fingerprint density at radius 1 is 1.25 bits per heavy atom. The molecule has 0 aromatic heterocycles. The first-order valence-corrected chi connectivity index (χ1v) is 5.15. The van der Waals surface area contributed by atoms with Crippen LogP contribution >= 0.6 is 0 Å². The van der Waals surface area contributed by atoms with Crippen LogP contribution in [0.3, 0.4) is 0 Å². The molecule has 8 heavy (non-hydrogen) atoms. The Labute approximate surface area is 54.4 Å². The van der Waals surface area contributed by atoms with Gasteiger partial charge in [0.1, 0.15) is 0 Å². The Balaban J connectivity index is 0.000000222. The predicted molar refractivity (Wildman–Crippen MR) is 39.9 cm³/mol. The molecule has 2 heteroatoms. The maximum Gasteiger partial charge on any atom is 0.161 e. The van der Waals surface area contributed by atoms with E-state index in [4.69, 9.17) is 4.43 Å². The first kappa shape index (κ1) is 8.18. The quantitative estimate of drug-likeness (QED) is 0.452. The largest absolute Gasteiger partial charge is 0.424 e. The first-order chi connectivity index (χ1) is 4.00. The van der Waals surface area contributed by atoms with Crippen molar-refractivity contribution in [2.24, 2.45) is 0 Å². The second-order valence-electron chi connectivity index (χ2n) is 1.67. The molecular formula is C6H16OSi. The van der Waals surface area contributed by atoms with Crippen LogP contribution < -0.4 is 0 Å². The summed E-state index contributed by atoms with van der Waals surface area (Å²) in [4.78, 5) is 0. The van der Waals surface area contributed by atoms with Gasteiger partial charge in [0.2, 0.25) is 0 Å². The van der Waals surface area contributed by atoms with E-state index in [1.54, 1.807) is 0 Å². The summed E-state index contributed by atoms with van der Waals surface area (Å²) in [5, 5.41) is 0. The molecule has 0 aromatic carbocycles. The van der Waals surface area contributed by atoms with Gasteiger partial charge in [-0.2, -0.15) is 0 Å². The molecule has 0 spiro atoms. The average Bonchev–Trinajstić information content (AvgIpc) is 1.96. The van der Waals surface area contributed by atoms with Crippen LogP contribution in [-0.2, 0) is 4.43 Å². The van der Waals surface area contributed by atoms with Gasteiger partial charge in [-0.3, -0.25) is 0 Å². The van der Waals surface area contributed by atoms with E-state index in [1.165, 1.54) is 18.9 Å². The van der Waals surface area contributed by atoms with Crippen molar-refractivity contribution in [2.75, 3.05) is 6.61 Å². The molecule has 0 radical (unpaired) electrons. The molecular weight excluding hydrogens is 116 g/mol. The van der Waals surface area contributed by atoms with E-state index in [2.05, 4.69) is 0 Å². The molecule has 0 aliphatic carbocycles. The summed E-state index contributed by atoms with van der Waals surface area (Å²) in [6.07, 6.45) is 2.75. The van der Waals surface area contributed by atoms with Gasteiger partial charge in [-0.05, 0) is 12.5 Å². The lowest BCUT2D eigenvalue weighted by atomic mass is 10.4. The fourth-order valence-electron chi connectivity index (χ4n) is 0.687. The Morgan fingerprint density at radius 3 is 2.12 bits per heavy atom. The van der Waals surface area contributed by atoms with Crippen molar-refractivity contribution in [3.8, 4) is 0 Å². The summed E-state index contributed by atoms with van der Waals surface area (Å²) in [6.45, 7) is 5.06. The standard InChI is InChI=1S/C4H10OSi.C2H6/c1-2-4-6-5-3-1;1-2/h1-4,6H2;1-2H3. The molecule has 1 saturated heterocycles. The highest BCUT2D eigenvalue weighted by Gasteiger charge is 1.96. The first-order valence-electron chi connectivity index (χ1n) is 3.58. The molecule has 0 saturated carbocycles. The Bertz CT molecular complexity index is 24.0. The molecule has 1 heterocycles. The Kier molecular flexibility index (Phi) is 7.34. The van der Waals surface area contributed by atoms with Crippen molar-refractivity contribution >= 4 is 9.76 Å². The highest BCUT2D eigenvalue weighted by Crippen LogP contribution is 2.01. The van der Waals surface area contributed by atoms with Crippen molar-refractivity contribution in [3.05, 3.63) is 0 Å². The van der Waals surface area contributed by atoms with Gasteiger partial charge in [-0.25, -0.2) is 0 Å². The van der Waals surface area contributed by atoms with Crippen LogP contribution in [0.15, 0.2) is 0 Å². The van der Waals surface area contributed by atoms with Gasteiger partial charge >= 0.3 is 0 Å². The molecule has 0 amide bonds. The normalized spacial score (nSPS) is 21.8. The summed E-state index contributed by atoms with van der Waals surface area (Å²) in [5.41, 5.74) is 0. The van der Waals surface area contributed by atoms with Crippen LogP contribution in [0.25, 0.3) is 0 Å². The third kappa shape index (κ3) is 4.34.